The van der Waals surface area contributed by atoms with E-state index in [9.17, 15) is 5.11 Å². The molecule has 2 fully saturated rings. The molecule has 2 aliphatic rings. The highest BCUT2D eigenvalue weighted by atomic mass is 19.1. The lowest BCUT2D eigenvalue weighted by Gasteiger charge is -2.34. The van der Waals surface area contributed by atoms with Gasteiger partial charge in [0.1, 0.15) is 35.2 Å². The summed E-state index contributed by atoms with van der Waals surface area (Å²) in [6.45, 7) is 4.36. The van der Waals surface area contributed by atoms with Gasteiger partial charge < -0.3 is 24.6 Å². The second kappa shape index (κ2) is 9.46. The molecular weight excluding hydrogens is 497 g/mol. The smallest absolute Gasteiger partial charge is 0.319 e. The maximum Gasteiger partial charge on any atom is 0.319 e. The summed E-state index contributed by atoms with van der Waals surface area (Å²) in [5, 5.41) is 16.1. The number of fused-ring (bicyclic) bond motifs is 4. The van der Waals surface area contributed by atoms with Gasteiger partial charge in [-0.2, -0.15) is 9.97 Å². The van der Waals surface area contributed by atoms with Gasteiger partial charge in [0.15, 0.2) is 5.82 Å². The number of imidazole rings is 1. The summed E-state index contributed by atoms with van der Waals surface area (Å²) in [4.78, 5) is 20.3. The molecule has 7 rings (SSSR count). The molecular formula is C29H28FN7O2. The minimum Gasteiger partial charge on any atom is -0.508 e. The van der Waals surface area contributed by atoms with Crippen LogP contribution in [0.1, 0.15) is 18.7 Å². The van der Waals surface area contributed by atoms with Crippen LogP contribution in [0, 0.1) is 12.7 Å². The van der Waals surface area contributed by atoms with Crippen molar-refractivity contribution in [2.75, 3.05) is 24.6 Å². The van der Waals surface area contributed by atoms with Crippen LogP contribution in [0.25, 0.3) is 32.9 Å². The van der Waals surface area contributed by atoms with Crippen LogP contribution in [0.2, 0.25) is 0 Å². The van der Waals surface area contributed by atoms with E-state index < -0.39 is 5.82 Å². The molecule has 2 aliphatic heterocycles. The van der Waals surface area contributed by atoms with Gasteiger partial charge in [-0.15, -0.1) is 0 Å². The molecule has 198 valence electrons. The lowest BCUT2D eigenvalue weighted by molar-refractivity contribution is 0.275. The number of ether oxygens (including phenoxy) is 1. The zero-order chi connectivity index (χ0) is 26.5. The molecule has 0 unspecified atom stereocenters. The Kier molecular flexibility index (Phi) is 5.77. The Labute approximate surface area is 224 Å². The zero-order valence-electron chi connectivity index (χ0n) is 21.5. The summed E-state index contributed by atoms with van der Waals surface area (Å²) in [5.74, 6) is 0.991. The van der Waals surface area contributed by atoms with Crippen molar-refractivity contribution in [3.63, 3.8) is 0 Å². The predicted molar refractivity (Wildman–Crippen MR) is 147 cm³/mol. The number of pyridine rings is 1. The number of piperazine rings is 1. The number of aromatic nitrogens is 5. The van der Waals surface area contributed by atoms with Crippen LogP contribution < -0.4 is 15.0 Å². The number of benzene rings is 2. The zero-order valence-corrected chi connectivity index (χ0v) is 21.5. The normalized spacial score (nSPS) is 18.8. The van der Waals surface area contributed by atoms with Gasteiger partial charge >= 0.3 is 6.01 Å². The third kappa shape index (κ3) is 4.30. The SMILES string of the molecule is Cc1nccn1CCOc1nc(N2C[C@H]3CC[C@@H](C2)N3)c2cnc(-c3cc(O)cc4ccccc34)c(F)c2n1. The van der Waals surface area contributed by atoms with Gasteiger partial charge in [0.05, 0.1) is 11.9 Å². The van der Waals surface area contributed by atoms with Crippen LogP contribution >= 0.6 is 0 Å². The highest BCUT2D eigenvalue weighted by Gasteiger charge is 2.34. The van der Waals surface area contributed by atoms with E-state index in [-0.39, 0.29) is 23.0 Å². The maximum absolute atomic E-state index is 16.4. The molecule has 2 atom stereocenters. The highest BCUT2D eigenvalue weighted by Crippen LogP contribution is 2.37. The van der Waals surface area contributed by atoms with Crippen LogP contribution in [0.5, 0.6) is 11.8 Å². The number of hydrogen-bond donors (Lipinski definition) is 2. The number of phenols is 1. The second-order valence-corrected chi connectivity index (χ2v) is 10.3. The predicted octanol–water partition coefficient (Wildman–Crippen LogP) is 4.21. The fraction of sp³-hybridized carbons (Fsp3) is 0.310. The number of nitrogens with one attached hydrogen (secondary N) is 1. The Morgan fingerprint density at radius 2 is 1.90 bits per heavy atom. The first kappa shape index (κ1) is 23.8. The molecule has 2 N–H and O–H groups in total. The number of phenolic OH excluding ortho intramolecular Hbond substituents is 1. The topological polar surface area (TPSA) is 101 Å². The Bertz CT molecular complexity index is 1690. The van der Waals surface area contributed by atoms with E-state index in [1.807, 2.05) is 42.0 Å². The summed E-state index contributed by atoms with van der Waals surface area (Å²) in [5.41, 5.74) is 0.778. The fourth-order valence-corrected chi connectivity index (χ4v) is 5.85. The van der Waals surface area contributed by atoms with E-state index >= 15 is 4.39 Å². The Morgan fingerprint density at radius 1 is 1.08 bits per heavy atom. The number of halogens is 1. The molecule has 10 heteroatoms. The molecule has 5 heterocycles. The molecule has 2 saturated heterocycles. The van der Waals surface area contributed by atoms with Gasteiger partial charge in [-0.3, -0.25) is 4.98 Å². The molecule has 9 nitrogen and oxygen atoms in total. The number of anilines is 1. The molecule has 0 saturated carbocycles. The summed E-state index contributed by atoms with van der Waals surface area (Å²) in [6.07, 6.45) is 7.50. The van der Waals surface area contributed by atoms with E-state index in [1.54, 1.807) is 24.5 Å². The van der Waals surface area contributed by atoms with Crippen molar-refractivity contribution >= 4 is 27.5 Å². The molecule has 5 aromatic rings. The van der Waals surface area contributed by atoms with E-state index in [1.165, 1.54) is 0 Å². The van der Waals surface area contributed by atoms with Crippen LogP contribution in [0.4, 0.5) is 10.2 Å². The minimum atomic E-state index is -0.569. The van der Waals surface area contributed by atoms with Crippen LogP contribution in [0.3, 0.4) is 0 Å². The van der Waals surface area contributed by atoms with Crippen LogP contribution in [0.15, 0.2) is 55.0 Å². The van der Waals surface area contributed by atoms with Crippen molar-refractivity contribution in [3.05, 3.63) is 66.6 Å². The van der Waals surface area contributed by atoms with Gasteiger partial charge in [-0.1, -0.05) is 24.3 Å². The van der Waals surface area contributed by atoms with Gasteiger partial charge in [-0.25, -0.2) is 9.37 Å². The molecule has 2 bridgehead atoms. The number of hydrogen-bond acceptors (Lipinski definition) is 8. The largest absolute Gasteiger partial charge is 0.508 e. The van der Waals surface area contributed by atoms with Crippen molar-refractivity contribution in [1.82, 2.24) is 29.8 Å². The van der Waals surface area contributed by atoms with Gasteiger partial charge in [0, 0.05) is 49.3 Å². The quantitative estimate of drug-likeness (QED) is 0.340. The molecule has 39 heavy (non-hydrogen) atoms. The van der Waals surface area contributed by atoms with Crippen molar-refractivity contribution in [2.45, 2.75) is 38.4 Å². The molecule has 2 aromatic carbocycles. The van der Waals surface area contributed by atoms with Crippen LogP contribution in [-0.4, -0.2) is 61.4 Å². The number of nitrogens with zero attached hydrogens (tertiary/aromatic N) is 6. The first-order valence-electron chi connectivity index (χ1n) is 13.2. The van der Waals surface area contributed by atoms with Crippen LogP contribution in [-0.2, 0) is 6.54 Å². The van der Waals surface area contributed by atoms with Gasteiger partial charge in [0.25, 0.3) is 0 Å². The highest BCUT2D eigenvalue weighted by molar-refractivity contribution is 5.99. The first-order valence-corrected chi connectivity index (χ1v) is 13.2. The van der Waals surface area contributed by atoms with Crippen molar-refractivity contribution in [2.24, 2.45) is 0 Å². The first-order chi connectivity index (χ1) is 19.0. The summed E-state index contributed by atoms with van der Waals surface area (Å²) >= 11 is 0. The molecule has 0 amide bonds. The minimum absolute atomic E-state index is 0.0449. The molecule has 3 aromatic heterocycles. The van der Waals surface area contributed by atoms with Crippen molar-refractivity contribution in [3.8, 4) is 23.0 Å². The van der Waals surface area contributed by atoms with Gasteiger partial charge in [-0.05, 0) is 42.7 Å². The Balaban J connectivity index is 1.33. The number of rotatable bonds is 6. The average Bonchev–Trinajstić information content (AvgIpc) is 3.51. The number of aryl methyl sites for hydroxylation is 1. The van der Waals surface area contributed by atoms with Crippen molar-refractivity contribution in [1.29, 1.82) is 0 Å². The Hall–Kier alpha value is -4.31. The van der Waals surface area contributed by atoms with E-state index in [4.69, 9.17) is 9.72 Å². The fourth-order valence-electron chi connectivity index (χ4n) is 5.85. The summed E-state index contributed by atoms with van der Waals surface area (Å²) in [6, 6.07) is 11.6. The molecule has 0 radical (unpaired) electrons. The average molecular weight is 526 g/mol. The molecule has 0 spiro atoms. The lowest BCUT2D eigenvalue weighted by atomic mass is 10.0. The molecule has 0 aliphatic carbocycles. The van der Waals surface area contributed by atoms with E-state index in [0.29, 0.717) is 42.0 Å². The maximum atomic E-state index is 16.4. The monoisotopic (exact) mass is 525 g/mol. The Morgan fingerprint density at radius 3 is 2.69 bits per heavy atom. The standard InChI is InChI=1S/C29H28FN7O2/c1-17-31-8-9-36(17)10-11-39-29-34-27-24(28(35-29)37-15-19-6-7-20(16-37)33-19)14-32-26(25(27)30)23-13-21(38)12-18-4-2-3-5-22(18)23/h2-5,8-9,12-14,19-20,33,38H,6-7,10-11,15-16H2,1H3/t19-,20+. The lowest BCUT2D eigenvalue weighted by Crippen LogP contribution is -2.51. The summed E-state index contributed by atoms with van der Waals surface area (Å²) in [7, 11) is 0. The number of aromatic hydroxyl groups is 1. The van der Waals surface area contributed by atoms with Crippen molar-refractivity contribution < 1.29 is 14.2 Å². The van der Waals surface area contributed by atoms with E-state index in [0.717, 1.165) is 42.5 Å². The van der Waals surface area contributed by atoms with Gasteiger partial charge in [0.2, 0.25) is 0 Å². The second-order valence-electron chi connectivity index (χ2n) is 10.3. The van der Waals surface area contributed by atoms with E-state index in [2.05, 4.69) is 25.2 Å². The summed E-state index contributed by atoms with van der Waals surface area (Å²) < 4.78 is 24.3. The third-order valence-corrected chi connectivity index (χ3v) is 7.75. The third-order valence-electron chi connectivity index (χ3n) is 7.75.